The number of aromatic nitrogens is 3. The lowest BCUT2D eigenvalue weighted by Gasteiger charge is -2.48. The highest BCUT2D eigenvalue weighted by Crippen LogP contribution is 2.47. The number of carbonyl (C=O) groups is 1. The molecule has 2 N–H and O–H groups in total. The minimum Gasteiger partial charge on any atom is -0.472 e. The largest absolute Gasteiger partial charge is 0.472 e. The fourth-order valence-corrected chi connectivity index (χ4v) is 8.68. The summed E-state index contributed by atoms with van der Waals surface area (Å²) in [5, 5.41) is 0.331. The zero-order valence-corrected chi connectivity index (χ0v) is 29.2. The lowest BCUT2D eigenvalue weighted by Crippen LogP contribution is -2.65. The van der Waals surface area contributed by atoms with Crippen molar-refractivity contribution in [2.75, 3.05) is 43.5 Å². The SMILES string of the molecule is CCc1cc(-c2nc3c4c(nc(OC[C@@H]5CC[C@H]6COCCN65)nc4c2F)N2C[C@H]4CC[C@@H]([C@H]2[C@H](C)O3)N4C(=O)OC(C)(C)C)cc(N)c1F. The van der Waals surface area contributed by atoms with Gasteiger partial charge in [-0.2, -0.15) is 9.97 Å². The summed E-state index contributed by atoms with van der Waals surface area (Å²) in [5.74, 6) is -0.620. The quantitative estimate of drug-likeness (QED) is 0.359. The maximum absolute atomic E-state index is 16.9. The molecule has 2 aromatic heterocycles. The third-order valence-corrected chi connectivity index (χ3v) is 10.9. The van der Waals surface area contributed by atoms with E-state index in [0.717, 1.165) is 32.2 Å². The molecular weight excluding hydrogens is 648 g/mol. The van der Waals surface area contributed by atoms with E-state index in [2.05, 4.69) is 14.8 Å². The van der Waals surface area contributed by atoms with Gasteiger partial charge < -0.3 is 29.6 Å². The van der Waals surface area contributed by atoms with Gasteiger partial charge in [-0.25, -0.2) is 18.6 Å². The molecule has 12 nitrogen and oxygen atoms in total. The molecule has 1 aromatic carbocycles. The van der Waals surface area contributed by atoms with E-state index in [1.54, 1.807) is 6.07 Å². The smallest absolute Gasteiger partial charge is 0.410 e. The third-order valence-electron chi connectivity index (χ3n) is 10.9. The molecule has 6 atom stereocenters. The number of pyridine rings is 1. The van der Waals surface area contributed by atoms with E-state index in [1.807, 2.05) is 39.5 Å². The summed E-state index contributed by atoms with van der Waals surface area (Å²) in [6, 6.07) is 2.80. The molecule has 0 radical (unpaired) electrons. The molecule has 0 aliphatic carbocycles. The standard InChI is InChI=1S/C36H45F2N7O5/c1-6-19-13-20(14-24(39)27(19)37)29-28(38)30-26-32(42-34(41-30)48-17-23-8-7-22-16-47-12-11-43(22)23)44-15-21-9-10-25(31(44)18(2)49-33(26)40-29)45(21)35(46)50-36(3,4)5/h13-14,18,21-23,25,31H,6-12,15-17,39H2,1-5H3/t18-,21+,22-,23-,25-,31+/m0/s1. The Morgan fingerprint density at radius 3 is 2.66 bits per heavy atom. The molecule has 14 heteroatoms. The second-order valence-corrected chi connectivity index (χ2v) is 15.2. The van der Waals surface area contributed by atoms with Crippen molar-refractivity contribution in [1.29, 1.82) is 0 Å². The molecule has 4 saturated heterocycles. The van der Waals surface area contributed by atoms with Crippen LogP contribution in [0.25, 0.3) is 22.2 Å². The molecule has 7 heterocycles. The van der Waals surface area contributed by atoms with Crippen LogP contribution in [-0.4, -0.2) is 106 Å². The molecule has 2 bridgehead atoms. The zero-order valence-electron chi connectivity index (χ0n) is 29.2. The maximum Gasteiger partial charge on any atom is 0.410 e. The Morgan fingerprint density at radius 1 is 1.08 bits per heavy atom. The number of piperazine rings is 1. The van der Waals surface area contributed by atoms with E-state index < -0.39 is 23.3 Å². The highest BCUT2D eigenvalue weighted by Gasteiger charge is 2.54. The van der Waals surface area contributed by atoms with Crippen molar-refractivity contribution in [2.45, 2.75) is 109 Å². The second kappa shape index (κ2) is 12.3. The predicted octanol–water partition coefficient (Wildman–Crippen LogP) is 5.09. The molecule has 0 unspecified atom stereocenters. The molecular formula is C36H45F2N7O5. The lowest BCUT2D eigenvalue weighted by atomic mass is 9.98. The highest BCUT2D eigenvalue weighted by molar-refractivity contribution is 5.97. The van der Waals surface area contributed by atoms with Gasteiger partial charge in [-0.3, -0.25) is 9.80 Å². The number of halogens is 2. The van der Waals surface area contributed by atoms with Crippen molar-refractivity contribution in [1.82, 2.24) is 24.8 Å². The number of amides is 1. The van der Waals surface area contributed by atoms with E-state index in [9.17, 15) is 9.18 Å². The molecule has 4 fully saturated rings. The molecule has 1 amide bonds. The van der Waals surface area contributed by atoms with Crippen LogP contribution in [0.5, 0.6) is 11.9 Å². The van der Waals surface area contributed by atoms with Crippen LogP contribution < -0.4 is 20.1 Å². The van der Waals surface area contributed by atoms with Gasteiger partial charge in [0, 0.05) is 30.7 Å². The average molecular weight is 694 g/mol. The Labute approximate surface area is 290 Å². The topological polar surface area (TPSA) is 128 Å². The van der Waals surface area contributed by atoms with Crippen molar-refractivity contribution in [3.05, 3.63) is 29.3 Å². The normalized spacial score (nSPS) is 27.5. The molecule has 50 heavy (non-hydrogen) atoms. The maximum atomic E-state index is 16.9. The lowest BCUT2D eigenvalue weighted by molar-refractivity contribution is -0.0101. The van der Waals surface area contributed by atoms with Crippen LogP contribution in [0.2, 0.25) is 0 Å². The van der Waals surface area contributed by atoms with Crippen LogP contribution in [0.15, 0.2) is 12.1 Å². The van der Waals surface area contributed by atoms with Crippen LogP contribution in [-0.2, 0) is 15.9 Å². The first-order valence-corrected chi connectivity index (χ1v) is 17.8. The Morgan fingerprint density at radius 2 is 1.88 bits per heavy atom. The number of carbonyl (C=O) groups excluding carboxylic acids is 1. The summed E-state index contributed by atoms with van der Waals surface area (Å²) in [5.41, 5.74) is 5.91. The number of nitrogens with zero attached hydrogens (tertiary/aromatic N) is 6. The van der Waals surface area contributed by atoms with Gasteiger partial charge in [-0.15, -0.1) is 0 Å². The summed E-state index contributed by atoms with van der Waals surface area (Å²) < 4.78 is 56.2. The number of fused-ring (bicyclic) bond motifs is 6. The number of nitrogens with two attached hydrogens (primary N) is 1. The number of morpholine rings is 1. The Balaban J connectivity index is 1.24. The first-order chi connectivity index (χ1) is 23.9. The molecule has 0 saturated carbocycles. The van der Waals surface area contributed by atoms with Crippen molar-refractivity contribution >= 4 is 28.5 Å². The van der Waals surface area contributed by atoms with E-state index in [4.69, 9.17) is 34.6 Å². The monoisotopic (exact) mass is 693 g/mol. The highest BCUT2D eigenvalue weighted by atomic mass is 19.1. The number of rotatable bonds is 5. The average Bonchev–Trinajstić information content (AvgIpc) is 3.60. The molecule has 3 aromatic rings. The Hall–Kier alpha value is -4.04. The molecule has 5 aliphatic rings. The number of benzene rings is 1. The minimum absolute atomic E-state index is 0.00335. The molecule has 268 valence electrons. The van der Waals surface area contributed by atoms with Gasteiger partial charge in [0.2, 0.25) is 5.88 Å². The van der Waals surface area contributed by atoms with E-state index in [0.29, 0.717) is 61.2 Å². The van der Waals surface area contributed by atoms with Gasteiger partial charge in [0.15, 0.2) is 5.82 Å². The van der Waals surface area contributed by atoms with Crippen molar-refractivity contribution in [3.8, 4) is 23.1 Å². The Kier molecular flexibility index (Phi) is 8.17. The van der Waals surface area contributed by atoms with Gasteiger partial charge >= 0.3 is 12.1 Å². The number of ether oxygens (including phenoxy) is 4. The number of anilines is 2. The number of aryl methyl sites for hydroxylation is 1. The van der Waals surface area contributed by atoms with Gasteiger partial charge in [0.05, 0.1) is 37.0 Å². The summed E-state index contributed by atoms with van der Waals surface area (Å²) in [6.07, 6.45) is 3.02. The van der Waals surface area contributed by atoms with Gasteiger partial charge in [-0.05, 0) is 77.5 Å². The number of hydrogen-bond acceptors (Lipinski definition) is 11. The fraction of sp³-hybridized carbons (Fsp3) is 0.611. The summed E-state index contributed by atoms with van der Waals surface area (Å²) in [7, 11) is 0. The molecule has 0 spiro atoms. The summed E-state index contributed by atoms with van der Waals surface area (Å²) in [6.45, 7) is 12.3. The second-order valence-electron chi connectivity index (χ2n) is 15.2. The van der Waals surface area contributed by atoms with Gasteiger partial charge in [0.25, 0.3) is 0 Å². The minimum atomic E-state index is -0.704. The van der Waals surface area contributed by atoms with Crippen LogP contribution in [0.4, 0.5) is 25.1 Å². The molecule has 5 aliphatic heterocycles. The van der Waals surface area contributed by atoms with Crippen molar-refractivity contribution in [2.24, 2.45) is 0 Å². The van der Waals surface area contributed by atoms with E-state index in [1.165, 1.54) is 6.07 Å². The summed E-state index contributed by atoms with van der Waals surface area (Å²) >= 11 is 0. The number of hydrogen-bond donors (Lipinski definition) is 1. The predicted molar refractivity (Wildman–Crippen MR) is 182 cm³/mol. The zero-order chi connectivity index (χ0) is 35.1. The van der Waals surface area contributed by atoms with Gasteiger partial charge in [0.1, 0.15) is 46.5 Å². The van der Waals surface area contributed by atoms with Crippen LogP contribution in [0.1, 0.15) is 65.9 Å². The van der Waals surface area contributed by atoms with E-state index >= 15 is 4.39 Å². The van der Waals surface area contributed by atoms with Crippen molar-refractivity contribution < 1.29 is 32.5 Å². The van der Waals surface area contributed by atoms with Gasteiger partial charge in [-0.1, -0.05) is 6.92 Å². The van der Waals surface area contributed by atoms with E-state index in [-0.39, 0.29) is 59.0 Å². The summed E-state index contributed by atoms with van der Waals surface area (Å²) in [4.78, 5) is 34.3. The fourth-order valence-electron chi connectivity index (χ4n) is 8.68. The van der Waals surface area contributed by atoms with Crippen LogP contribution >= 0.6 is 0 Å². The first kappa shape index (κ1) is 33.1. The Bertz CT molecular complexity index is 1840. The number of nitrogen functional groups attached to an aromatic ring is 1. The van der Waals surface area contributed by atoms with Crippen molar-refractivity contribution in [3.63, 3.8) is 0 Å². The first-order valence-electron chi connectivity index (χ1n) is 17.8. The molecule has 8 rings (SSSR count). The van der Waals surface area contributed by atoms with Crippen LogP contribution in [0.3, 0.4) is 0 Å². The third kappa shape index (κ3) is 5.55. The van der Waals surface area contributed by atoms with Crippen LogP contribution in [0, 0.1) is 11.6 Å².